The Labute approximate surface area is 118 Å². The van der Waals surface area contributed by atoms with Crippen molar-refractivity contribution >= 4 is 5.69 Å². The minimum absolute atomic E-state index is 0.0112. The number of nitrogens with one attached hydrogen (secondary N) is 1. The molecule has 0 unspecified atom stereocenters. The summed E-state index contributed by atoms with van der Waals surface area (Å²) in [6.45, 7) is -0.0112. The molecule has 0 atom stereocenters. The molecule has 2 aromatic rings. The maximum atomic E-state index is 13.8. The molecule has 0 aliphatic carbocycles. The van der Waals surface area contributed by atoms with Crippen LogP contribution in [0.1, 0.15) is 16.7 Å². The molecule has 2 nitrogen and oxygen atoms in total. The van der Waals surface area contributed by atoms with Crippen LogP contribution in [-0.4, -0.2) is 0 Å². The molecule has 2 aromatic carbocycles. The van der Waals surface area contributed by atoms with Gasteiger partial charge in [0.05, 0.1) is 11.1 Å². The molecule has 108 valence electrons. The molecule has 0 amide bonds. The van der Waals surface area contributed by atoms with Gasteiger partial charge in [-0.2, -0.15) is 18.4 Å². The average molecular weight is 294 g/mol. The average Bonchev–Trinajstić information content (AvgIpc) is 2.45. The third kappa shape index (κ3) is 3.51. The van der Waals surface area contributed by atoms with Gasteiger partial charge in [-0.15, -0.1) is 0 Å². The zero-order valence-corrected chi connectivity index (χ0v) is 10.7. The van der Waals surface area contributed by atoms with Crippen LogP contribution in [0.15, 0.2) is 42.5 Å². The molecule has 6 heteroatoms. The molecule has 0 aliphatic heterocycles. The molecule has 21 heavy (non-hydrogen) atoms. The van der Waals surface area contributed by atoms with Crippen molar-refractivity contribution in [2.75, 3.05) is 5.32 Å². The van der Waals surface area contributed by atoms with Crippen LogP contribution < -0.4 is 5.32 Å². The summed E-state index contributed by atoms with van der Waals surface area (Å²) in [5, 5.41) is 11.4. The molecule has 0 saturated heterocycles. The van der Waals surface area contributed by atoms with Gasteiger partial charge in [0.1, 0.15) is 11.9 Å². The lowest BCUT2D eigenvalue weighted by molar-refractivity contribution is -0.137. The van der Waals surface area contributed by atoms with Crippen LogP contribution in [0.5, 0.6) is 0 Å². The van der Waals surface area contributed by atoms with Crippen LogP contribution >= 0.6 is 0 Å². The molecule has 2 rings (SSSR count). The van der Waals surface area contributed by atoms with Crippen LogP contribution in [0.2, 0.25) is 0 Å². The molecule has 0 radical (unpaired) electrons. The summed E-state index contributed by atoms with van der Waals surface area (Å²) in [6.07, 6.45) is -4.43. The molecular formula is C15H10F4N2. The van der Waals surface area contributed by atoms with Crippen molar-refractivity contribution in [3.8, 4) is 6.07 Å². The molecule has 0 fully saturated rings. The summed E-state index contributed by atoms with van der Waals surface area (Å²) in [4.78, 5) is 0. The summed E-state index contributed by atoms with van der Waals surface area (Å²) in [6, 6.07) is 10.7. The van der Waals surface area contributed by atoms with Crippen molar-refractivity contribution < 1.29 is 17.6 Å². The van der Waals surface area contributed by atoms with E-state index in [0.717, 1.165) is 12.1 Å². The first-order valence-corrected chi connectivity index (χ1v) is 6.00. The zero-order chi connectivity index (χ0) is 15.5. The Morgan fingerprint density at radius 2 is 1.81 bits per heavy atom. The first kappa shape index (κ1) is 14.9. The normalized spacial score (nSPS) is 11.0. The minimum Gasteiger partial charge on any atom is -0.381 e. The quantitative estimate of drug-likeness (QED) is 0.855. The maximum absolute atomic E-state index is 13.8. The SMILES string of the molecule is N#Cc1cccc(CNc2cccc(C(F)(F)F)c2)c1F. The third-order valence-corrected chi connectivity index (χ3v) is 2.87. The topological polar surface area (TPSA) is 35.8 Å². The van der Waals surface area contributed by atoms with Gasteiger partial charge in [0.15, 0.2) is 0 Å². The van der Waals surface area contributed by atoms with E-state index < -0.39 is 17.6 Å². The first-order chi connectivity index (χ1) is 9.91. The molecule has 0 heterocycles. The summed E-state index contributed by atoms with van der Waals surface area (Å²) in [7, 11) is 0. The Hall–Kier alpha value is -2.55. The van der Waals surface area contributed by atoms with E-state index in [1.807, 2.05) is 0 Å². The fraction of sp³-hybridized carbons (Fsp3) is 0.133. The van der Waals surface area contributed by atoms with Gasteiger partial charge in [-0.3, -0.25) is 0 Å². The zero-order valence-electron chi connectivity index (χ0n) is 10.7. The first-order valence-electron chi connectivity index (χ1n) is 6.00. The van der Waals surface area contributed by atoms with Gasteiger partial charge >= 0.3 is 6.18 Å². The van der Waals surface area contributed by atoms with E-state index in [0.29, 0.717) is 0 Å². The van der Waals surface area contributed by atoms with Crippen LogP contribution in [0, 0.1) is 17.1 Å². The second-order valence-electron chi connectivity index (χ2n) is 4.32. The molecule has 0 spiro atoms. The Morgan fingerprint density at radius 3 is 2.48 bits per heavy atom. The lowest BCUT2D eigenvalue weighted by atomic mass is 10.1. The van der Waals surface area contributed by atoms with Crippen LogP contribution in [0.25, 0.3) is 0 Å². The highest BCUT2D eigenvalue weighted by Crippen LogP contribution is 2.30. The van der Waals surface area contributed by atoms with Gasteiger partial charge in [0.25, 0.3) is 0 Å². The molecule has 1 N–H and O–H groups in total. The monoisotopic (exact) mass is 294 g/mol. The number of alkyl halides is 3. The second-order valence-corrected chi connectivity index (χ2v) is 4.32. The van der Waals surface area contributed by atoms with Crippen molar-refractivity contribution in [2.24, 2.45) is 0 Å². The lowest BCUT2D eigenvalue weighted by Gasteiger charge is -2.11. The van der Waals surface area contributed by atoms with Crippen LogP contribution in [-0.2, 0) is 12.7 Å². The van der Waals surface area contributed by atoms with Gasteiger partial charge in [-0.1, -0.05) is 18.2 Å². The third-order valence-electron chi connectivity index (χ3n) is 2.87. The highest BCUT2D eigenvalue weighted by Gasteiger charge is 2.30. The fourth-order valence-electron chi connectivity index (χ4n) is 1.81. The lowest BCUT2D eigenvalue weighted by Crippen LogP contribution is -2.07. The number of anilines is 1. The van der Waals surface area contributed by atoms with Gasteiger partial charge in [0.2, 0.25) is 0 Å². The van der Waals surface area contributed by atoms with Gasteiger partial charge in [-0.25, -0.2) is 4.39 Å². The molecular weight excluding hydrogens is 284 g/mol. The molecule has 0 saturated carbocycles. The minimum atomic E-state index is -4.43. The number of nitriles is 1. The van der Waals surface area contributed by atoms with E-state index in [2.05, 4.69) is 5.32 Å². The van der Waals surface area contributed by atoms with Crippen molar-refractivity contribution in [3.05, 3.63) is 65.0 Å². The van der Waals surface area contributed by atoms with Gasteiger partial charge in [-0.05, 0) is 24.3 Å². The van der Waals surface area contributed by atoms with E-state index in [-0.39, 0.29) is 23.4 Å². The number of halogens is 4. The predicted octanol–water partition coefficient (Wildman–Crippen LogP) is 4.33. The Balaban J connectivity index is 2.16. The standard InChI is InChI=1S/C15H10F4N2/c16-14-10(8-20)3-1-4-11(14)9-21-13-6-2-5-12(7-13)15(17,18)19/h1-7,21H,9H2. The van der Waals surface area contributed by atoms with Crippen molar-refractivity contribution in [1.82, 2.24) is 0 Å². The predicted molar refractivity (Wildman–Crippen MR) is 69.9 cm³/mol. The largest absolute Gasteiger partial charge is 0.416 e. The Bertz CT molecular complexity index is 687. The summed E-state index contributed by atoms with van der Waals surface area (Å²) in [5.41, 5.74) is -0.435. The van der Waals surface area contributed by atoms with E-state index in [9.17, 15) is 17.6 Å². The number of hydrogen-bond acceptors (Lipinski definition) is 2. The molecule has 0 bridgehead atoms. The van der Waals surface area contributed by atoms with Gasteiger partial charge in [0, 0.05) is 17.8 Å². The summed E-state index contributed by atoms with van der Waals surface area (Å²) in [5.74, 6) is -0.667. The molecule has 0 aliphatic rings. The highest BCUT2D eigenvalue weighted by molar-refractivity contribution is 5.47. The van der Waals surface area contributed by atoms with Gasteiger partial charge < -0.3 is 5.32 Å². The van der Waals surface area contributed by atoms with Crippen LogP contribution in [0.4, 0.5) is 23.2 Å². The smallest absolute Gasteiger partial charge is 0.381 e. The van der Waals surface area contributed by atoms with Crippen molar-refractivity contribution in [2.45, 2.75) is 12.7 Å². The second kappa shape index (κ2) is 5.83. The summed E-state index contributed by atoms with van der Waals surface area (Å²) >= 11 is 0. The summed E-state index contributed by atoms with van der Waals surface area (Å²) < 4.78 is 51.5. The Kier molecular flexibility index (Phi) is 4.13. The maximum Gasteiger partial charge on any atom is 0.416 e. The fourth-order valence-corrected chi connectivity index (χ4v) is 1.81. The van der Waals surface area contributed by atoms with Crippen molar-refractivity contribution in [1.29, 1.82) is 5.26 Å². The van der Waals surface area contributed by atoms with E-state index in [1.165, 1.54) is 30.3 Å². The van der Waals surface area contributed by atoms with E-state index in [4.69, 9.17) is 5.26 Å². The highest BCUT2D eigenvalue weighted by atomic mass is 19.4. The Morgan fingerprint density at radius 1 is 1.10 bits per heavy atom. The van der Waals surface area contributed by atoms with Crippen LogP contribution in [0.3, 0.4) is 0 Å². The number of hydrogen-bond donors (Lipinski definition) is 1. The van der Waals surface area contributed by atoms with Crippen molar-refractivity contribution in [3.63, 3.8) is 0 Å². The molecule has 0 aromatic heterocycles. The number of nitrogens with zero attached hydrogens (tertiary/aromatic N) is 1. The van der Waals surface area contributed by atoms with E-state index >= 15 is 0 Å². The number of rotatable bonds is 3. The van der Waals surface area contributed by atoms with E-state index in [1.54, 1.807) is 6.07 Å². The number of benzene rings is 2.